The molecule has 1 aromatic carbocycles. The van der Waals surface area contributed by atoms with Crippen molar-refractivity contribution in [1.82, 2.24) is 25.5 Å². The molecule has 3 N–H and O–H groups in total. The number of aromatic amines is 1. The zero-order valence-electron chi connectivity index (χ0n) is 19.8. The van der Waals surface area contributed by atoms with Crippen molar-refractivity contribution in [3.05, 3.63) is 50.6 Å². The minimum Gasteiger partial charge on any atom is -0.427 e. The second kappa shape index (κ2) is 10.1. The summed E-state index contributed by atoms with van der Waals surface area (Å²) in [7, 11) is 2.04. The SMILES string of the molecule is CN1CCc2nc(C(=O)N[C@H]3C[C@@H]4OC(=O)O[C@@H]4C[C@H]3NC(=O)c3cc4cc(Cl)ccc4[nH]3)sc2C1.Cl. The van der Waals surface area contributed by atoms with Gasteiger partial charge in [-0.15, -0.1) is 23.7 Å². The number of fused-ring (bicyclic) bond motifs is 3. The molecule has 3 aliphatic rings. The van der Waals surface area contributed by atoms with Gasteiger partial charge in [0.05, 0.1) is 17.8 Å². The highest BCUT2D eigenvalue weighted by atomic mass is 35.5. The second-order valence-electron chi connectivity index (χ2n) is 9.49. The number of hydrogen-bond donors (Lipinski definition) is 3. The monoisotopic (exact) mass is 565 g/mol. The maximum absolute atomic E-state index is 13.2. The van der Waals surface area contributed by atoms with Gasteiger partial charge in [-0.3, -0.25) is 9.59 Å². The number of aromatic nitrogens is 2. The second-order valence-corrected chi connectivity index (χ2v) is 11.0. The lowest BCUT2D eigenvalue weighted by molar-refractivity contribution is 0.0593. The fourth-order valence-corrected chi connectivity index (χ4v) is 6.37. The Kier molecular flexibility index (Phi) is 7.06. The molecular formula is C24H25Cl2N5O5S. The molecule has 196 valence electrons. The van der Waals surface area contributed by atoms with Crippen molar-refractivity contribution in [1.29, 1.82) is 0 Å². The average molecular weight is 566 g/mol. The molecule has 0 unspecified atom stereocenters. The largest absolute Gasteiger partial charge is 0.509 e. The van der Waals surface area contributed by atoms with Crippen molar-refractivity contribution in [2.45, 2.75) is 50.1 Å². The van der Waals surface area contributed by atoms with Crippen LogP contribution >= 0.6 is 35.3 Å². The molecule has 4 heterocycles. The molecular weight excluding hydrogens is 541 g/mol. The van der Waals surface area contributed by atoms with Crippen molar-refractivity contribution in [3.8, 4) is 0 Å². The highest BCUT2D eigenvalue weighted by molar-refractivity contribution is 7.13. The van der Waals surface area contributed by atoms with Crippen LogP contribution in [0.25, 0.3) is 10.9 Å². The highest BCUT2D eigenvalue weighted by Crippen LogP contribution is 2.31. The number of likely N-dealkylation sites (N-methyl/N-ethyl adjacent to an activating group) is 1. The first-order valence-corrected chi connectivity index (χ1v) is 13.0. The van der Waals surface area contributed by atoms with E-state index in [9.17, 15) is 14.4 Å². The number of halogens is 2. The Morgan fingerprint density at radius 1 is 1.14 bits per heavy atom. The molecule has 0 spiro atoms. The molecule has 13 heteroatoms. The van der Waals surface area contributed by atoms with Gasteiger partial charge in [0, 0.05) is 53.2 Å². The number of hydrogen-bond acceptors (Lipinski definition) is 8. The summed E-state index contributed by atoms with van der Waals surface area (Å²) in [6.07, 6.45) is -0.248. The first kappa shape index (κ1) is 25.8. The molecule has 0 radical (unpaired) electrons. The molecule has 2 amide bonds. The van der Waals surface area contributed by atoms with Crippen LogP contribution < -0.4 is 10.6 Å². The van der Waals surface area contributed by atoms with Gasteiger partial charge in [-0.25, -0.2) is 9.78 Å². The topological polar surface area (TPSA) is 126 Å². The van der Waals surface area contributed by atoms with E-state index in [1.54, 1.807) is 18.2 Å². The zero-order valence-corrected chi connectivity index (χ0v) is 22.2. The van der Waals surface area contributed by atoms with Gasteiger partial charge in [-0.2, -0.15) is 0 Å². The zero-order chi connectivity index (χ0) is 25.0. The van der Waals surface area contributed by atoms with Crippen LogP contribution in [0.5, 0.6) is 0 Å². The minimum absolute atomic E-state index is 0. The number of carbonyl (C=O) groups excluding carboxylic acids is 3. The van der Waals surface area contributed by atoms with Crippen molar-refractivity contribution < 1.29 is 23.9 Å². The molecule has 37 heavy (non-hydrogen) atoms. The number of carbonyl (C=O) groups is 3. The maximum Gasteiger partial charge on any atom is 0.509 e. The van der Waals surface area contributed by atoms with Crippen molar-refractivity contribution >= 4 is 64.2 Å². The number of ether oxygens (including phenoxy) is 2. The molecule has 1 saturated carbocycles. The molecule has 1 saturated heterocycles. The number of nitrogens with one attached hydrogen (secondary N) is 3. The van der Waals surface area contributed by atoms with Crippen LogP contribution in [0.1, 0.15) is 43.7 Å². The predicted molar refractivity (Wildman–Crippen MR) is 140 cm³/mol. The van der Waals surface area contributed by atoms with Crippen LogP contribution in [-0.4, -0.2) is 70.7 Å². The Morgan fingerprint density at radius 2 is 1.84 bits per heavy atom. The lowest BCUT2D eigenvalue weighted by Crippen LogP contribution is -2.58. The van der Waals surface area contributed by atoms with Crippen LogP contribution in [-0.2, 0) is 22.4 Å². The van der Waals surface area contributed by atoms with E-state index in [1.165, 1.54) is 11.3 Å². The molecule has 4 atom stereocenters. The van der Waals surface area contributed by atoms with Crippen LogP contribution in [0.3, 0.4) is 0 Å². The summed E-state index contributed by atoms with van der Waals surface area (Å²) in [6.45, 7) is 1.68. The number of rotatable bonds is 4. The highest BCUT2D eigenvalue weighted by Gasteiger charge is 2.47. The van der Waals surface area contributed by atoms with E-state index in [4.69, 9.17) is 21.1 Å². The van der Waals surface area contributed by atoms with E-state index < -0.39 is 30.4 Å². The van der Waals surface area contributed by atoms with Gasteiger partial charge in [-0.1, -0.05) is 11.6 Å². The minimum atomic E-state index is -0.730. The molecule has 2 aromatic heterocycles. The van der Waals surface area contributed by atoms with E-state index in [0.717, 1.165) is 41.0 Å². The fraction of sp³-hybridized carbons (Fsp3) is 0.417. The van der Waals surface area contributed by atoms with Crippen molar-refractivity contribution in [2.24, 2.45) is 0 Å². The molecule has 6 rings (SSSR count). The quantitative estimate of drug-likeness (QED) is 0.414. The van der Waals surface area contributed by atoms with Crippen LogP contribution in [0.15, 0.2) is 24.3 Å². The van der Waals surface area contributed by atoms with Gasteiger partial charge >= 0.3 is 6.16 Å². The number of thiazole rings is 1. The molecule has 0 bridgehead atoms. The van der Waals surface area contributed by atoms with E-state index in [2.05, 4.69) is 25.5 Å². The lowest BCUT2D eigenvalue weighted by atomic mass is 9.86. The third-order valence-electron chi connectivity index (χ3n) is 6.94. The molecule has 10 nitrogen and oxygen atoms in total. The first-order chi connectivity index (χ1) is 17.3. The summed E-state index contributed by atoms with van der Waals surface area (Å²) >= 11 is 7.46. The third-order valence-corrected chi connectivity index (χ3v) is 8.26. The number of H-pyrrole nitrogens is 1. The van der Waals surface area contributed by atoms with E-state index in [-0.39, 0.29) is 24.2 Å². The van der Waals surface area contributed by atoms with Crippen LogP contribution in [0.2, 0.25) is 5.02 Å². The van der Waals surface area contributed by atoms with Gasteiger partial charge in [0.1, 0.15) is 17.9 Å². The van der Waals surface area contributed by atoms with Gasteiger partial charge in [0.15, 0.2) is 5.01 Å². The Morgan fingerprint density at radius 3 is 2.57 bits per heavy atom. The summed E-state index contributed by atoms with van der Waals surface area (Å²) in [5.41, 5.74) is 2.12. The summed E-state index contributed by atoms with van der Waals surface area (Å²) < 4.78 is 10.6. The Balaban J connectivity index is 0.00000280. The third kappa shape index (κ3) is 5.13. The van der Waals surface area contributed by atoms with Gasteiger partial charge in [0.25, 0.3) is 11.8 Å². The predicted octanol–water partition coefficient (Wildman–Crippen LogP) is 3.28. The summed E-state index contributed by atoms with van der Waals surface area (Å²) in [6, 6.07) is 6.11. The molecule has 1 aliphatic carbocycles. The normalized spacial score (nSPS) is 24.9. The van der Waals surface area contributed by atoms with Gasteiger partial charge in [-0.05, 0) is 31.3 Å². The summed E-state index contributed by atoms with van der Waals surface area (Å²) in [5.74, 6) is -0.631. The Bertz CT molecular complexity index is 1380. The molecule has 3 aromatic rings. The summed E-state index contributed by atoms with van der Waals surface area (Å²) in [5, 5.41) is 7.83. The van der Waals surface area contributed by atoms with E-state index in [0.29, 0.717) is 28.6 Å². The Hall–Kier alpha value is -2.86. The van der Waals surface area contributed by atoms with Gasteiger partial charge in [0.2, 0.25) is 0 Å². The van der Waals surface area contributed by atoms with E-state index >= 15 is 0 Å². The van der Waals surface area contributed by atoms with Crippen molar-refractivity contribution in [3.63, 3.8) is 0 Å². The lowest BCUT2D eigenvalue weighted by Gasteiger charge is -2.36. The van der Waals surface area contributed by atoms with Gasteiger partial charge < -0.3 is 30.0 Å². The standard InChI is InChI=1S/C24H24ClN5O5S.ClH/c1-30-5-4-14-20(10-30)36-23(29-14)22(32)28-16-9-19-18(34-24(33)35-19)8-15(16)27-21(31)17-7-11-6-12(25)2-3-13(11)26-17;/h2-3,6-7,15-16,18-19,26H,4-5,8-10H2,1H3,(H,27,31)(H,28,32);1H/t15-,16+,18-,19+;/m1./s1. The number of amides is 2. The van der Waals surface area contributed by atoms with Crippen LogP contribution in [0, 0.1) is 0 Å². The van der Waals surface area contributed by atoms with Crippen LogP contribution in [0.4, 0.5) is 4.79 Å². The fourth-order valence-electron chi connectivity index (χ4n) is 5.10. The smallest absolute Gasteiger partial charge is 0.427 e. The Labute approximate surface area is 227 Å². The number of nitrogens with zero attached hydrogens (tertiary/aromatic N) is 2. The average Bonchev–Trinajstić information content (AvgIpc) is 3.54. The summed E-state index contributed by atoms with van der Waals surface area (Å²) in [4.78, 5) is 49.0. The maximum atomic E-state index is 13.2. The number of benzene rings is 1. The molecule has 2 aliphatic heterocycles. The first-order valence-electron chi connectivity index (χ1n) is 11.8. The van der Waals surface area contributed by atoms with E-state index in [1.807, 2.05) is 13.1 Å². The van der Waals surface area contributed by atoms with Crippen molar-refractivity contribution in [2.75, 3.05) is 13.6 Å². The molecule has 2 fully saturated rings.